The molecule has 2 aromatic rings. The SMILES string of the molecule is Cn1cnnc1C1CN(Cc2cc(Cl)ccc2Cl)CCO1. The third kappa shape index (κ3) is 3.37. The van der Waals surface area contributed by atoms with Crippen LogP contribution in [0, 0.1) is 0 Å². The molecule has 112 valence electrons. The minimum atomic E-state index is -0.0655. The molecule has 1 saturated heterocycles. The molecule has 7 heteroatoms. The van der Waals surface area contributed by atoms with Gasteiger partial charge in [0.05, 0.1) is 6.61 Å². The first-order valence-electron chi connectivity index (χ1n) is 6.75. The summed E-state index contributed by atoms with van der Waals surface area (Å²) in [7, 11) is 1.92. The highest BCUT2D eigenvalue weighted by Gasteiger charge is 2.25. The van der Waals surface area contributed by atoms with Crippen molar-refractivity contribution in [2.75, 3.05) is 19.7 Å². The zero-order valence-corrected chi connectivity index (χ0v) is 13.2. The predicted molar refractivity (Wildman–Crippen MR) is 81.4 cm³/mol. The quantitative estimate of drug-likeness (QED) is 0.869. The molecule has 1 aliphatic heterocycles. The third-order valence-corrected chi connectivity index (χ3v) is 4.19. The van der Waals surface area contributed by atoms with Crippen molar-refractivity contribution in [3.05, 3.63) is 46.0 Å². The van der Waals surface area contributed by atoms with Gasteiger partial charge in [0, 0.05) is 36.7 Å². The number of nitrogens with zero attached hydrogens (tertiary/aromatic N) is 4. The minimum Gasteiger partial charge on any atom is -0.368 e. The Kier molecular flexibility index (Phi) is 4.45. The highest BCUT2D eigenvalue weighted by Crippen LogP contribution is 2.25. The number of aryl methyl sites for hydroxylation is 1. The summed E-state index contributed by atoms with van der Waals surface area (Å²) < 4.78 is 7.69. The lowest BCUT2D eigenvalue weighted by atomic mass is 10.2. The Morgan fingerprint density at radius 2 is 2.24 bits per heavy atom. The summed E-state index contributed by atoms with van der Waals surface area (Å²) in [5, 5.41) is 9.47. The van der Waals surface area contributed by atoms with Gasteiger partial charge in [0.15, 0.2) is 5.82 Å². The number of hydrogen-bond acceptors (Lipinski definition) is 4. The molecule has 1 fully saturated rings. The van der Waals surface area contributed by atoms with Crippen molar-refractivity contribution in [3.8, 4) is 0 Å². The van der Waals surface area contributed by atoms with E-state index in [1.807, 2.05) is 23.7 Å². The maximum atomic E-state index is 6.23. The van der Waals surface area contributed by atoms with Crippen molar-refractivity contribution in [2.24, 2.45) is 7.05 Å². The van der Waals surface area contributed by atoms with E-state index in [-0.39, 0.29) is 6.10 Å². The van der Waals surface area contributed by atoms with E-state index in [1.165, 1.54) is 0 Å². The van der Waals surface area contributed by atoms with Crippen molar-refractivity contribution >= 4 is 23.2 Å². The fourth-order valence-electron chi connectivity index (χ4n) is 2.49. The minimum absolute atomic E-state index is 0.0655. The maximum absolute atomic E-state index is 6.23. The van der Waals surface area contributed by atoms with Gasteiger partial charge in [-0.3, -0.25) is 4.90 Å². The first-order chi connectivity index (χ1) is 10.1. The number of rotatable bonds is 3. The molecule has 5 nitrogen and oxygen atoms in total. The van der Waals surface area contributed by atoms with Gasteiger partial charge in [0.1, 0.15) is 12.4 Å². The van der Waals surface area contributed by atoms with Crippen LogP contribution >= 0.6 is 23.2 Å². The summed E-state index contributed by atoms with van der Waals surface area (Å²) in [5.74, 6) is 0.844. The Hall–Kier alpha value is -1.14. The lowest BCUT2D eigenvalue weighted by molar-refractivity contribution is -0.0385. The largest absolute Gasteiger partial charge is 0.368 e. The van der Waals surface area contributed by atoms with Crippen molar-refractivity contribution < 1.29 is 4.74 Å². The molecule has 1 atom stereocenters. The molecule has 1 aromatic heterocycles. The second-order valence-electron chi connectivity index (χ2n) is 5.13. The lowest BCUT2D eigenvalue weighted by Gasteiger charge is -2.32. The summed E-state index contributed by atoms with van der Waals surface area (Å²) in [6.07, 6.45) is 1.62. The van der Waals surface area contributed by atoms with Crippen LogP contribution in [0.3, 0.4) is 0 Å². The molecule has 0 radical (unpaired) electrons. The smallest absolute Gasteiger partial charge is 0.163 e. The summed E-state index contributed by atoms with van der Waals surface area (Å²) in [4.78, 5) is 2.29. The molecule has 0 amide bonds. The van der Waals surface area contributed by atoms with Crippen LogP contribution in [0.25, 0.3) is 0 Å². The van der Waals surface area contributed by atoms with Crippen LogP contribution in [0.2, 0.25) is 10.0 Å². The molecule has 0 spiro atoms. The molecule has 1 aromatic carbocycles. The van der Waals surface area contributed by atoms with E-state index in [0.29, 0.717) is 11.6 Å². The standard InChI is InChI=1S/C14H16Cl2N4O/c1-19-9-17-18-14(19)13-8-20(4-5-21-13)7-10-6-11(15)2-3-12(10)16/h2-3,6,9,13H,4-5,7-8H2,1H3. The van der Waals surface area contributed by atoms with E-state index in [0.717, 1.165) is 36.0 Å². The Bertz CT molecular complexity index is 631. The van der Waals surface area contributed by atoms with E-state index >= 15 is 0 Å². The first kappa shape index (κ1) is 14.8. The predicted octanol–water partition coefficient (Wildman–Crippen LogP) is 2.70. The number of aromatic nitrogens is 3. The Balaban J connectivity index is 1.72. The van der Waals surface area contributed by atoms with Crippen LogP contribution < -0.4 is 0 Å². The second-order valence-corrected chi connectivity index (χ2v) is 5.97. The van der Waals surface area contributed by atoms with Crippen LogP contribution in [0.5, 0.6) is 0 Å². The molecule has 1 aliphatic rings. The Labute approximate surface area is 133 Å². The van der Waals surface area contributed by atoms with Crippen molar-refractivity contribution in [1.29, 1.82) is 0 Å². The van der Waals surface area contributed by atoms with E-state index in [4.69, 9.17) is 27.9 Å². The normalized spacial score (nSPS) is 19.9. The molecule has 0 aliphatic carbocycles. The Morgan fingerprint density at radius 1 is 1.38 bits per heavy atom. The summed E-state index contributed by atoms with van der Waals surface area (Å²) in [6, 6.07) is 5.55. The lowest BCUT2D eigenvalue weighted by Crippen LogP contribution is -2.38. The molecule has 2 heterocycles. The molecular weight excluding hydrogens is 311 g/mol. The van der Waals surface area contributed by atoms with E-state index in [9.17, 15) is 0 Å². The van der Waals surface area contributed by atoms with Crippen LogP contribution in [0.4, 0.5) is 0 Å². The van der Waals surface area contributed by atoms with Crippen molar-refractivity contribution in [1.82, 2.24) is 19.7 Å². The Morgan fingerprint density at radius 3 is 3.00 bits per heavy atom. The fraction of sp³-hybridized carbons (Fsp3) is 0.429. The van der Waals surface area contributed by atoms with E-state index in [1.54, 1.807) is 12.4 Å². The summed E-state index contributed by atoms with van der Waals surface area (Å²) in [6.45, 7) is 3.03. The van der Waals surface area contributed by atoms with Gasteiger partial charge in [-0.15, -0.1) is 10.2 Å². The topological polar surface area (TPSA) is 43.2 Å². The molecule has 21 heavy (non-hydrogen) atoms. The van der Waals surface area contributed by atoms with Crippen LogP contribution in [-0.4, -0.2) is 39.4 Å². The van der Waals surface area contributed by atoms with Gasteiger partial charge in [0.2, 0.25) is 0 Å². The fourth-order valence-corrected chi connectivity index (χ4v) is 2.86. The number of halogens is 2. The van der Waals surface area contributed by atoms with Gasteiger partial charge in [-0.05, 0) is 23.8 Å². The zero-order valence-electron chi connectivity index (χ0n) is 11.7. The number of benzene rings is 1. The molecule has 0 saturated carbocycles. The average Bonchev–Trinajstić information content (AvgIpc) is 2.89. The first-order valence-corrected chi connectivity index (χ1v) is 7.51. The van der Waals surface area contributed by atoms with Gasteiger partial charge in [0.25, 0.3) is 0 Å². The van der Waals surface area contributed by atoms with Gasteiger partial charge in [-0.1, -0.05) is 23.2 Å². The van der Waals surface area contributed by atoms with E-state index in [2.05, 4.69) is 15.1 Å². The second kappa shape index (κ2) is 6.32. The van der Waals surface area contributed by atoms with Crippen LogP contribution in [-0.2, 0) is 18.3 Å². The molecule has 3 rings (SSSR count). The van der Waals surface area contributed by atoms with Crippen molar-refractivity contribution in [3.63, 3.8) is 0 Å². The number of ether oxygens (including phenoxy) is 1. The van der Waals surface area contributed by atoms with Gasteiger partial charge in [-0.2, -0.15) is 0 Å². The highest BCUT2D eigenvalue weighted by atomic mass is 35.5. The highest BCUT2D eigenvalue weighted by molar-refractivity contribution is 6.33. The van der Waals surface area contributed by atoms with Gasteiger partial charge in [-0.25, -0.2) is 0 Å². The van der Waals surface area contributed by atoms with Gasteiger partial charge >= 0.3 is 0 Å². The van der Waals surface area contributed by atoms with Crippen LogP contribution in [0.1, 0.15) is 17.5 Å². The van der Waals surface area contributed by atoms with Gasteiger partial charge < -0.3 is 9.30 Å². The molecule has 1 unspecified atom stereocenters. The third-order valence-electron chi connectivity index (χ3n) is 3.59. The zero-order chi connectivity index (χ0) is 14.8. The van der Waals surface area contributed by atoms with E-state index < -0.39 is 0 Å². The van der Waals surface area contributed by atoms with Crippen LogP contribution in [0.15, 0.2) is 24.5 Å². The molecular formula is C14H16Cl2N4O. The number of morpholine rings is 1. The molecule has 0 bridgehead atoms. The summed E-state index contributed by atoms with van der Waals surface area (Å²) >= 11 is 12.3. The average molecular weight is 327 g/mol. The number of hydrogen-bond donors (Lipinski definition) is 0. The molecule has 0 N–H and O–H groups in total. The van der Waals surface area contributed by atoms with Crippen molar-refractivity contribution in [2.45, 2.75) is 12.6 Å². The maximum Gasteiger partial charge on any atom is 0.163 e. The summed E-state index contributed by atoms with van der Waals surface area (Å²) in [5.41, 5.74) is 1.03. The monoisotopic (exact) mass is 326 g/mol.